The van der Waals surface area contributed by atoms with E-state index in [-0.39, 0.29) is 5.91 Å². The Morgan fingerprint density at radius 2 is 1.67 bits per heavy atom. The summed E-state index contributed by atoms with van der Waals surface area (Å²) in [6.45, 7) is 1.79. The molecule has 1 heterocycles. The number of aromatic nitrogens is 2. The molecule has 168 valence electrons. The van der Waals surface area contributed by atoms with Crippen LogP contribution in [0.15, 0.2) is 72.8 Å². The quantitative estimate of drug-likeness (QED) is 0.276. The SMILES string of the molecule is CN(C)CCCNc1nc(-c2ccccc2NC(=O)c2ccc(N)cc2)nc2ccccc12. The molecule has 3 aromatic carbocycles. The molecule has 0 aliphatic rings. The summed E-state index contributed by atoms with van der Waals surface area (Å²) in [7, 11) is 4.13. The number of hydrogen-bond donors (Lipinski definition) is 3. The molecule has 0 radical (unpaired) electrons. The standard InChI is InChI=1S/C26H28N6O/c1-32(2)17-7-16-28-24-20-8-3-5-10-22(20)29-25(31-24)21-9-4-6-11-23(21)30-26(33)18-12-14-19(27)15-13-18/h3-6,8-15H,7,16-17,27H2,1-2H3,(H,30,33)(H,28,29,31). The third-order valence-corrected chi connectivity index (χ3v) is 5.27. The first-order valence-corrected chi connectivity index (χ1v) is 10.9. The van der Waals surface area contributed by atoms with Gasteiger partial charge in [0.25, 0.3) is 5.91 Å². The van der Waals surface area contributed by atoms with Crippen molar-refractivity contribution in [2.75, 3.05) is 43.6 Å². The fourth-order valence-corrected chi connectivity index (χ4v) is 3.55. The molecule has 4 aromatic rings. The van der Waals surface area contributed by atoms with Crippen molar-refractivity contribution in [3.63, 3.8) is 0 Å². The van der Waals surface area contributed by atoms with Crippen LogP contribution < -0.4 is 16.4 Å². The number of nitrogens with zero attached hydrogens (tertiary/aromatic N) is 3. The van der Waals surface area contributed by atoms with E-state index in [1.54, 1.807) is 24.3 Å². The van der Waals surface area contributed by atoms with Crippen molar-refractivity contribution in [1.82, 2.24) is 14.9 Å². The van der Waals surface area contributed by atoms with Gasteiger partial charge in [-0.15, -0.1) is 0 Å². The summed E-state index contributed by atoms with van der Waals surface area (Å²) in [5, 5.41) is 7.43. The first-order valence-electron chi connectivity index (χ1n) is 10.9. The fourth-order valence-electron chi connectivity index (χ4n) is 3.55. The molecular formula is C26H28N6O. The fraction of sp³-hybridized carbons (Fsp3) is 0.192. The van der Waals surface area contributed by atoms with Gasteiger partial charge in [0, 0.05) is 28.7 Å². The summed E-state index contributed by atoms with van der Waals surface area (Å²) in [6.07, 6.45) is 0.995. The Labute approximate surface area is 193 Å². The van der Waals surface area contributed by atoms with Gasteiger partial charge in [0.1, 0.15) is 5.82 Å². The van der Waals surface area contributed by atoms with E-state index in [2.05, 4.69) is 29.6 Å². The Morgan fingerprint density at radius 1 is 0.939 bits per heavy atom. The Morgan fingerprint density at radius 3 is 2.45 bits per heavy atom. The third-order valence-electron chi connectivity index (χ3n) is 5.27. The van der Waals surface area contributed by atoms with Gasteiger partial charge in [-0.25, -0.2) is 9.97 Å². The minimum atomic E-state index is -0.217. The molecule has 0 atom stereocenters. The van der Waals surface area contributed by atoms with Crippen molar-refractivity contribution < 1.29 is 4.79 Å². The first-order chi connectivity index (χ1) is 16.0. The number of carbonyl (C=O) groups is 1. The molecule has 0 unspecified atom stereocenters. The second-order valence-electron chi connectivity index (χ2n) is 8.12. The largest absolute Gasteiger partial charge is 0.399 e. The van der Waals surface area contributed by atoms with Crippen LogP contribution in [0.25, 0.3) is 22.3 Å². The Hall–Kier alpha value is -3.97. The van der Waals surface area contributed by atoms with Crippen LogP contribution in [0.2, 0.25) is 0 Å². The minimum absolute atomic E-state index is 0.217. The first kappa shape index (κ1) is 22.2. The van der Waals surface area contributed by atoms with Crippen molar-refractivity contribution in [2.24, 2.45) is 0 Å². The molecule has 7 nitrogen and oxygen atoms in total. The summed E-state index contributed by atoms with van der Waals surface area (Å²) < 4.78 is 0. The molecule has 7 heteroatoms. The summed E-state index contributed by atoms with van der Waals surface area (Å²) in [5.41, 5.74) is 9.13. The highest BCUT2D eigenvalue weighted by molar-refractivity contribution is 6.06. The van der Waals surface area contributed by atoms with Crippen LogP contribution >= 0.6 is 0 Å². The maximum Gasteiger partial charge on any atom is 0.255 e. The average Bonchev–Trinajstić information content (AvgIpc) is 2.82. The van der Waals surface area contributed by atoms with Crippen LogP contribution in [0, 0.1) is 0 Å². The molecule has 0 saturated heterocycles. The van der Waals surface area contributed by atoms with Gasteiger partial charge in [-0.3, -0.25) is 4.79 Å². The molecule has 33 heavy (non-hydrogen) atoms. The van der Waals surface area contributed by atoms with Crippen LogP contribution in [-0.2, 0) is 0 Å². The number of fused-ring (bicyclic) bond motifs is 1. The average molecular weight is 441 g/mol. The van der Waals surface area contributed by atoms with Gasteiger partial charge >= 0.3 is 0 Å². The van der Waals surface area contributed by atoms with E-state index in [1.807, 2.05) is 48.5 Å². The molecular weight excluding hydrogens is 412 g/mol. The van der Waals surface area contributed by atoms with Gasteiger partial charge in [0.2, 0.25) is 0 Å². The van der Waals surface area contributed by atoms with E-state index in [0.717, 1.165) is 41.8 Å². The maximum absolute atomic E-state index is 12.8. The van der Waals surface area contributed by atoms with Gasteiger partial charge < -0.3 is 21.3 Å². The van der Waals surface area contributed by atoms with Gasteiger partial charge in [-0.05, 0) is 75.6 Å². The normalized spacial score (nSPS) is 11.0. The van der Waals surface area contributed by atoms with Crippen LogP contribution in [0.3, 0.4) is 0 Å². The lowest BCUT2D eigenvalue weighted by Crippen LogP contribution is -2.17. The lowest BCUT2D eigenvalue weighted by atomic mass is 10.1. The van der Waals surface area contributed by atoms with E-state index in [4.69, 9.17) is 15.7 Å². The zero-order valence-electron chi connectivity index (χ0n) is 18.9. The van der Waals surface area contributed by atoms with Gasteiger partial charge in [-0.1, -0.05) is 24.3 Å². The molecule has 1 aromatic heterocycles. The molecule has 0 aliphatic carbocycles. The highest BCUT2D eigenvalue weighted by Gasteiger charge is 2.14. The van der Waals surface area contributed by atoms with Crippen molar-refractivity contribution in [3.8, 4) is 11.4 Å². The Balaban J connectivity index is 1.66. The Kier molecular flexibility index (Phi) is 6.80. The zero-order chi connectivity index (χ0) is 23.2. The number of hydrogen-bond acceptors (Lipinski definition) is 6. The van der Waals surface area contributed by atoms with Crippen molar-refractivity contribution in [1.29, 1.82) is 0 Å². The zero-order valence-corrected chi connectivity index (χ0v) is 18.9. The number of rotatable bonds is 8. The van der Waals surface area contributed by atoms with E-state index in [9.17, 15) is 4.79 Å². The van der Waals surface area contributed by atoms with Crippen LogP contribution in [0.1, 0.15) is 16.8 Å². The predicted molar refractivity (Wildman–Crippen MR) is 135 cm³/mol. The smallest absolute Gasteiger partial charge is 0.255 e. The van der Waals surface area contributed by atoms with Crippen molar-refractivity contribution in [3.05, 3.63) is 78.4 Å². The number of anilines is 3. The highest BCUT2D eigenvalue weighted by atomic mass is 16.1. The second-order valence-corrected chi connectivity index (χ2v) is 8.12. The summed E-state index contributed by atoms with van der Waals surface area (Å²) in [6, 6.07) is 22.3. The van der Waals surface area contributed by atoms with Crippen molar-refractivity contribution >= 4 is 34.0 Å². The molecule has 0 saturated carbocycles. The number of carbonyl (C=O) groups excluding carboxylic acids is 1. The number of benzene rings is 3. The van der Waals surface area contributed by atoms with E-state index < -0.39 is 0 Å². The molecule has 1 amide bonds. The van der Waals surface area contributed by atoms with Crippen LogP contribution in [0.5, 0.6) is 0 Å². The molecule has 0 aliphatic heterocycles. The van der Waals surface area contributed by atoms with Crippen LogP contribution in [0.4, 0.5) is 17.2 Å². The lowest BCUT2D eigenvalue weighted by molar-refractivity contribution is 0.102. The summed E-state index contributed by atoms with van der Waals surface area (Å²) >= 11 is 0. The third kappa shape index (κ3) is 5.45. The summed E-state index contributed by atoms with van der Waals surface area (Å²) in [5.74, 6) is 1.12. The van der Waals surface area contributed by atoms with Gasteiger partial charge in [0.15, 0.2) is 5.82 Å². The monoisotopic (exact) mass is 440 g/mol. The lowest BCUT2D eigenvalue weighted by Gasteiger charge is -2.14. The number of nitrogen functional groups attached to an aromatic ring is 1. The number of nitrogens with one attached hydrogen (secondary N) is 2. The number of para-hydroxylation sites is 2. The number of amides is 1. The summed E-state index contributed by atoms with van der Waals surface area (Å²) in [4.78, 5) is 24.6. The highest BCUT2D eigenvalue weighted by Crippen LogP contribution is 2.30. The topological polar surface area (TPSA) is 96.2 Å². The molecule has 4 rings (SSSR count). The second kappa shape index (κ2) is 10.1. The number of nitrogens with two attached hydrogens (primary N) is 1. The van der Waals surface area contributed by atoms with Crippen LogP contribution in [-0.4, -0.2) is 48.0 Å². The molecule has 0 fully saturated rings. The van der Waals surface area contributed by atoms with E-state index in [1.165, 1.54) is 0 Å². The molecule has 4 N–H and O–H groups in total. The van der Waals surface area contributed by atoms with Gasteiger partial charge in [0.05, 0.1) is 11.2 Å². The molecule has 0 bridgehead atoms. The van der Waals surface area contributed by atoms with Crippen molar-refractivity contribution in [2.45, 2.75) is 6.42 Å². The van der Waals surface area contributed by atoms with E-state index in [0.29, 0.717) is 22.8 Å². The van der Waals surface area contributed by atoms with E-state index >= 15 is 0 Å². The Bertz CT molecular complexity index is 1250. The predicted octanol–water partition coefficient (Wildman–Crippen LogP) is 4.49. The molecule has 0 spiro atoms. The minimum Gasteiger partial charge on any atom is -0.399 e. The maximum atomic E-state index is 12.8. The van der Waals surface area contributed by atoms with Gasteiger partial charge in [-0.2, -0.15) is 0 Å².